The number of piperidine rings is 1. The van der Waals surface area contributed by atoms with Gasteiger partial charge in [-0.05, 0) is 26.2 Å². The van der Waals surface area contributed by atoms with Crippen LogP contribution in [0.1, 0.15) is 26.2 Å². The third-order valence-electron chi connectivity index (χ3n) is 4.85. The molecule has 1 aromatic rings. The molecule has 1 aromatic heterocycles. The maximum Gasteiger partial charge on any atom is 0.248 e. The molecule has 0 unspecified atom stereocenters. The maximum absolute atomic E-state index is 12.9. The Morgan fingerprint density at radius 2 is 1.91 bits per heavy atom. The van der Waals surface area contributed by atoms with Crippen molar-refractivity contribution in [3.63, 3.8) is 0 Å². The molecule has 8 heteroatoms. The lowest BCUT2D eigenvalue weighted by Crippen LogP contribution is -2.59. The van der Waals surface area contributed by atoms with Gasteiger partial charge in [0.2, 0.25) is 15.9 Å². The van der Waals surface area contributed by atoms with Gasteiger partial charge in [0.05, 0.1) is 12.1 Å². The van der Waals surface area contributed by atoms with E-state index in [1.807, 2.05) is 15.7 Å². The number of rotatable bonds is 4. The maximum atomic E-state index is 12.9. The van der Waals surface area contributed by atoms with Crippen LogP contribution < -0.4 is 0 Å². The summed E-state index contributed by atoms with van der Waals surface area (Å²) in [6, 6.07) is 0. The Bertz CT molecular complexity index is 629. The van der Waals surface area contributed by atoms with Crippen LogP contribution in [0.15, 0.2) is 18.7 Å². The molecule has 0 saturated carbocycles. The largest absolute Gasteiger partial charge is 0.341 e. The first kappa shape index (κ1) is 15.5. The molecule has 7 nitrogen and oxygen atoms in total. The molecule has 122 valence electrons. The Kier molecular flexibility index (Phi) is 3.98. The Morgan fingerprint density at radius 3 is 2.36 bits per heavy atom. The quantitative estimate of drug-likeness (QED) is 0.795. The van der Waals surface area contributed by atoms with E-state index in [4.69, 9.17) is 0 Å². The number of nitrogens with zero attached hydrogens (tertiary/aromatic N) is 4. The van der Waals surface area contributed by atoms with Gasteiger partial charge in [-0.25, -0.2) is 17.7 Å². The summed E-state index contributed by atoms with van der Waals surface area (Å²) in [7, 11) is -3.19. The van der Waals surface area contributed by atoms with Gasteiger partial charge in [-0.1, -0.05) is 0 Å². The molecule has 2 saturated heterocycles. The second-order valence-electron chi connectivity index (χ2n) is 5.95. The minimum atomic E-state index is -3.19. The van der Waals surface area contributed by atoms with Gasteiger partial charge in [-0.3, -0.25) is 4.79 Å². The van der Waals surface area contributed by atoms with E-state index in [-0.39, 0.29) is 11.7 Å². The number of hydrogen-bond acceptors (Lipinski definition) is 4. The van der Waals surface area contributed by atoms with E-state index in [2.05, 4.69) is 4.98 Å². The van der Waals surface area contributed by atoms with Crippen molar-refractivity contribution in [3.05, 3.63) is 18.7 Å². The van der Waals surface area contributed by atoms with Gasteiger partial charge >= 0.3 is 0 Å². The fraction of sp³-hybridized carbons (Fsp3) is 0.714. The van der Waals surface area contributed by atoms with E-state index >= 15 is 0 Å². The average molecular weight is 326 g/mol. The molecule has 3 heterocycles. The molecule has 0 bridgehead atoms. The van der Waals surface area contributed by atoms with Gasteiger partial charge in [-0.15, -0.1) is 0 Å². The average Bonchev–Trinajstić information content (AvgIpc) is 3.00. The molecule has 0 aliphatic carbocycles. The monoisotopic (exact) mass is 326 g/mol. The van der Waals surface area contributed by atoms with Crippen LogP contribution in [0.5, 0.6) is 0 Å². The zero-order valence-corrected chi connectivity index (χ0v) is 13.6. The normalized spacial score (nSPS) is 22.3. The van der Waals surface area contributed by atoms with Crippen molar-refractivity contribution < 1.29 is 13.2 Å². The first-order valence-corrected chi connectivity index (χ1v) is 9.36. The van der Waals surface area contributed by atoms with Crippen molar-refractivity contribution in [2.24, 2.45) is 0 Å². The van der Waals surface area contributed by atoms with E-state index in [0.29, 0.717) is 25.9 Å². The topological polar surface area (TPSA) is 75.5 Å². The number of carbonyl (C=O) groups is 1. The Hall–Kier alpha value is -1.41. The summed E-state index contributed by atoms with van der Waals surface area (Å²) < 4.78 is 27.4. The predicted molar refractivity (Wildman–Crippen MR) is 81.7 cm³/mol. The van der Waals surface area contributed by atoms with Gasteiger partial charge in [0, 0.05) is 38.6 Å². The summed E-state index contributed by atoms with van der Waals surface area (Å²) in [6.45, 7) is 4.01. The summed E-state index contributed by atoms with van der Waals surface area (Å²) in [5, 5.41) is 0. The van der Waals surface area contributed by atoms with Crippen molar-refractivity contribution in [1.82, 2.24) is 18.8 Å². The number of likely N-dealkylation sites (tertiary alicyclic amines) is 1. The molecular weight excluding hydrogens is 304 g/mol. The summed E-state index contributed by atoms with van der Waals surface area (Å²) in [5.41, 5.74) is -0.684. The molecule has 2 aliphatic rings. The zero-order valence-electron chi connectivity index (χ0n) is 12.8. The van der Waals surface area contributed by atoms with Crippen molar-refractivity contribution in [1.29, 1.82) is 0 Å². The molecule has 3 rings (SSSR count). The number of imidazole rings is 1. The van der Waals surface area contributed by atoms with Crippen LogP contribution in [0.3, 0.4) is 0 Å². The lowest BCUT2D eigenvalue weighted by Gasteiger charge is -2.45. The van der Waals surface area contributed by atoms with Crippen LogP contribution in [0, 0.1) is 0 Å². The Morgan fingerprint density at radius 1 is 1.23 bits per heavy atom. The number of sulfonamides is 1. The highest BCUT2D eigenvalue weighted by Gasteiger charge is 2.47. The fourth-order valence-corrected chi connectivity index (χ4v) is 4.33. The molecule has 0 N–H and O–H groups in total. The fourth-order valence-electron chi connectivity index (χ4n) is 3.23. The lowest BCUT2D eigenvalue weighted by atomic mass is 9.85. The highest BCUT2D eigenvalue weighted by atomic mass is 32.2. The van der Waals surface area contributed by atoms with Crippen LogP contribution >= 0.6 is 0 Å². The van der Waals surface area contributed by atoms with Crippen molar-refractivity contribution in [2.45, 2.75) is 31.7 Å². The summed E-state index contributed by atoms with van der Waals surface area (Å²) in [5.74, 6) is 0.204. The van der Waals surface area contributed by atoms with Crippen molar-refractivity contribution >= 4 is 15.9 Å². The highest BCUT2D eigenvalue weighted by Crippen LogP contribution is 2.34. The van der Waals surface area contributed by atoms with Crippen LogP contribution in [0.2, 0.25) is 0 Å². The Balaban J connectivity index is 1.85. The van der Waals surface area contributed by atoms with Gasteiger partial charge in [0.15, 0.2) is 0 Å². The van der Waals surface area contributed by atoms with Gasteiger partial charge in [0.25, 0.3) is 0 Å². The highest BCUT2D eigenvalue weighted by molar-refractivity contribution is 7.89. The van der Waals surface area contributed by atoms with Crippen molar-refractivity contribution in [3.8, 4) is 0 Å². The van der Waals surface area contributed by atoms with E-state index in [9.17, 15) is 13.2 Å². The lowest BCUT2D eigenvalue weighted by molar-refractivity contribution is -0.146. The minimum absolute atomic E-state index is 0.102. The van der Waals surface area contributed by atoms with E-state index in [1.54, 1.807) is 19.4 Å². The first-order valence-electron chi connectivity index (χ1n) is 7.75. The van der Waals surface area contributed by atoms with Crippen LogP contribution in [-0.4, -0.2) is 65.0 Å². The minimum Gasteiger partial charge on any atom is -0.341 e. The number of amides is 1. The van der Waals surface area contributed by atoms with Gasteiger partial charge < -0.3 is 9.47 Å². The number of carbonyl (C=O) groups excluding carboxylic acids is 1. The summed E-state index contributed by atoms with van der Waals surface area (Å²) in [4.78, 5) is 18.9. The molecular formula is C14H22N4O3S. The molecule has 0 spiro atoms. The molecule has 2 aliphatic heterocycles. The first-order chi connectivity index (χ1) is 10.5. The number of hydrogen-bond donors (Lipinski definition) is 0. The van der Waals surface area contributed by atoms with Crippen LogP contribution in [0.25, 0.3) is 0 Å². The van der Waals surface area contributed by atoms with E-state index in [0.717, 1.165) is 19.5 Å². The predicted octanol–water partition coefficient (Wildman–Crippen LogP) is 0.256. The molecule has 0 aromatic carbocycles. The van der Waals surface area contributed by atoms with E-state index in [1.165, 1.54) is 4.31 Å². The third-order valence-corrected chi connectivity index (χ3v) is 6.73. The molecule has 1 amide bonds. The number of aromatic nitrogens is 2. The zero-order chi connectivity index (χ0) is 15.8. The molecule has 2 fully saturated rings. The van der Waals surface area contributed by atoms with Gasteiger partial charge in [0.1, 0.15) is 5.54 Å². The second kappa shape index (κ2) is 5.66. The third kappa shape index (κ3) is 2.44. The second-order valence-corrected chi connectivity index (χ2v) is 8.20. The molecule has 22 heavy (non-hydrogen) atoms. The standard InChI is InChI=1S/C14H22N4O3S/c1-2-22(20,21)18-9-4-14(5-10-18,17-11-6-15-12-17)13(19)16-7-3-8-16/h6,11-12H,2-5,7-10H2,1H3. The summed E-state index contributed by atoms with van der Waals surface area (Å²) in [6.07, 6.45) is 7.18. The van der Waals surface area contributed by atoms with Crippen LogP contribution in [-0.2, 0) is 20.4 Å². The van der Waals surface area contributed by atoms with Crippen molar-refractivity contribution in [2.75, 3.05) is 31.9 Å². The van der Waals surface area contributed by atoms with Gasteiger partial charge in [-0.2, -0.15) is 0 Å². The summed E-state index contributed by atoms with van der Waals surface area (Å²) >= 11 is 0. The molecule has 0 atom stereocenters. The smallest absolute Gasteiger partial charge is 0.248 e. The molecule has 0 radical (unpaired) electrons. The van der Waals surface area contributed by atoms with Crippen LogP contribution in [0.4, 0.5) is 0 Å². The Labute approximate surface area is 131 Å². The van der Waals surface area contributed by atoms with E-state index < -0.39 is 15.6 Å². The SMILES string of the molecule is CCS(=O)(=O)N1CCC(C(=O)N2CCC2)(n2ccnc2)CC1.